The van der Waals surface area contributed by atoms with E-state index in [9.17, 15) is 9.59 Å². The highest BCUT2D eigenvalue weighted by molar-refractivity contribution is 7.71. The molecule has 0 amide bonds. The van der Waals surface area contributed by atoms with Crippen molar-refractivity contribution in [3.8, 4) is 0 Å². The molecular weight excluding hydrogens is 252 g/mol. The van der Waals surface area contributed by atoms with E-state index in [1.54, 1.807) is 16.1 Å². The molecule has 2 rings (SSSR count). The highest BCUT2D eigenvalue weighted by Gasteiger charge is 2.16. The molecule has 0 saturated carbocycles. The second-order valence-electron chi connectivity index (χ2n) is 3.95. The van der Waals surface area contributed by atoms with Crippen molar-refractivity contribution < 1.29 is 0 Å². The smallest absolute Gasteiger partial charge is 0.316 e. The lowest BCUT2D eigenvalue weighted by Crippen LogP contribution is -2.40. The van der Waals surface area contributed by atoms with Gasteiger partial charge in [0.2, 0.25) is 0 Å². The fourth-order valence-electron chi connectivity index (χ4n) is 2.20. The monoisotopic (exact) mass is 268 g/mol. The highest BCUT2D eigenvalue weighted by Crippen LogP contribution is 2.08. The van der Waals surface area contributed by atoms with Crippen molar-refractivity contribution in [3.63, 3.8) is 0 Å². The van der Waals surface area contributed by atoms with Gasteiger partial charge >= 0.3 is 5.69 Å². The molecule has 6 nitrogen and oxygen atoms in total. The van der Waals surface area contributed by atoms with Gasteiger partial charge in [0.05, 0.1) is 0 Å². The lowest BCUT2D eigenvalue weighted by atomic mass is 10.4. The zero-order valence-corrected chi connectivity index (χ0v) is 11.5. The summed E-state index contributed by atoms with van der Waals surface area (Å²) in [5.41, 5.74) is 0.420. The van der Waals surface area contributed by atoms with Crippen LogP contribution in [-0.2, 0) is 19.6 Å². The van der Waals surface area contributed by atoms with Gasteiger partial charge in [-0.05, 0) is 33.0 Å². The third-order valence-corrected chi connectivity index (χ3v) is 3.42. The van der Waals surface area contributed by atoms with Crippen molar-refractivity contribution in [1.29, 1.82) is 0 Å². The molecular formula is C11H16N4O2S. The molecule has 0 atom stereocenters. The Labute approximate surface area is 108 Å². The normalized spacial score (nSPS) is 11.3. The number of aryl methyl sites for hydroxylation is 2. The van der Waals surface area contributed by atoms with Crippen molar-refractivity contribution >= 4 is 23.4 Å². The van der Waals surface area contributed by atoms with E-state index in [1.165, 1.54) is 4.57 Å². The first-order valence-electron chi connectivity index (χ1n) is 6.02. The molecule has 0 aliphatic carbocycles. The number of fused-ring (bicyclic) bond motifs is 1. The number of H-pyrrole nitrogens is 1. The summed E-state index contributed by atoms with van der Waals surface area (Å²) in [5.74, 6) is 0. The molecule has 0 aliphatic rings. The van der Waals surface area contributed by atoms with Gasteiger partial charge in [-0.25, -0.2) is 4.79 Å². The second kappa shape index (κ2) is 4.56. The molecule has 0 unspecified atom stereocenters. The number of rotatable bonds is 3. The number of imidazole rings is 1. The summed E-state index contributed by atoms with van der Waals surface area (Å²) >= 11 is 5.19. The van der Waals surface area contributed by atoms with E-state index < -0.39 is 0 Å². The van der Waals surface area contributed by atoms with E-state index in [2.05, 4.69) is 4.98 Å². The van der Waals surface area contributed by atoms with Crippen LogP contribution in [0.3, 0.4) is 0 Å². The van der Waals surface area contributed by atoms with Crippen molar-refractivity contribution in [2.45, 2.75) is 40.4 Å². The molecule has 18 heavy (non-hydrogen) atoms. The van der Waals surface area contributed by atoms with E-state index in [4.69, 9.17) is 12.2 Å². The Bertz CT molecular complexity index is 762. The molecule has 1 N–H and O–H groups in total. The Morgan fingerprint density at radius 2 is 1.56 bits per heavy atom. The number of hydrogen-bond donors (Lipinski definition) is 1. The lowest BCUT2D eigenvalue weighted by molar-refractivity contribution is 0.603. The first-order valence-corrected chi connectivity index (χ1v) is 6.43. The Kier molecular flexibility index (Phi) is 3.25. The molecule has 0 saturated heterocycles. The van der Waals surface area contributed by atoms with Crippen LogP contribution in [0.25, 0.3) is 11.2 Å². The maximum absolute atomic E-state index is 12.3. The molecule has 7 heteroatoms. The average Bonchev–Trinajstić information content (AvgIpc) is 2.67. The fourth-order valence-corrected chi connectivity index (χ4v) is 2.52. The van der Waals surface area contributed by atoms with Crippen LogP contribution in [0.4, 0.5) is 0 Å². The molecule has 0 spiro atoms. The van der Waals surface area contributed by atoms with Crippen LogP contribution in [0, 0.1) is 4.77 Å². The Morgan fingerprint density at radius 3 is 2.06 bits per heavy atom. The number of nitrogens with one attached hydrogen (secondary N) is 1. The summed E-state index contributed by atoms with van der Waals surface area (Å²) in [6.07, 6.45) is 0. The van der Waals surface area contributed by atoms with Crippen LogP contribution in [0.5, 0.6) is 0 Å². The highest BCUT2D eigenvalue weighted by atomic mass is 32.1. The van der Waals surface area contributed by atoms with E-state index in [0.29, 0.717) is 35.6 Å². The van der Waals surface area contributed by atoms with E-state index in [0.717, 1.165) is 0 Å². The van der Waals surface area contributed by atoms with Crippen molar-refractivity contribution in [3.05, 3.63) is 25.6 Å². The van der Waals surface area contributed by atoms with Gasteiger partial charge in [0.1, 0.15) is 5.65 Å². The van der Waals surface area contributed by atoms with Crippen molar-refractivity contribution in [1.82, 2.24) is 18.7 Å². The van der Waals surface area contributed by atoms with Crippen LogP contribution in [0.15, 0.2) is 9.59 Å². The van der Waals surface area contributed by atoms with Crippen LogP contribution >= 0.6 is 12.2 Å². The topological polar surface area (TPSA) is 64.7 Å². The van der Waals surface area contributed by atoms with Gasteiger partial charge in [-0.15, -0.1) is 0 Å². The Balaban J connectivity index is 3.15. The number of nitrogens with zero attached hydrogens (tertiary/aromatic N) is 3. The third kappa shape index (κ3) is 1.58. The fraction of sp³-hybridized carbons (Fsp3) is 0.545. The number of aromatic amines is 1. The van der Waals surface area contributed by atoms with Crippen LogP contribution in [0.2, 0.25) is 0 Å². The van der Waals surface area contributed by atoms with Crippen molar-refractivity contribution in [2.75, 3.05) is 0 Å². The summed E-state index contributed by atoms with van der Waals surface area (Å²) in [6.45, 7) is 7.02. The molecule has 0 bridgehead atoms. The summed E-state index contributed by atoms with van der Waals surface area (Å²) in [5, 5.41) is 0. The standard InChI is InChI=1S/C11H16N4O2S/c1-4-13-7-8(12-10(13)18)14(5-2)11(17)15(6-3)9(7)16/h4-6H2,1-3H3,(H,12,18). The maximum atomic E-state index is 12.3. The first-order chi connectivity index (χ1) is 8.56. The second-order valence-corrected chi connectivity index (χ2v) is 4.33. The third-order valence-electron chi connectivity index (χ3n) is 3.09. The average molecular weight is 268 g/mol. The van der Waals surface area contributed by atoms with Crippen LogP contribution in [0.1, 0.15) is 20.8 Å². The molecule has 0 aliphatic heterocycles. The molecule has 0 radical (unpaired) electrons. The Morgan fingerprint density at radius 1 is 1.00 bits per heavy atom. The minimum Gasteiger partial charge on any atom is -0.316 e. The van der Waals surface area contributed by atoms with Gasteiger partial charge in [0.25, 0.3) is 5.56 Å². The molecule has 0 fully saturated rings. The summed E-state index contributed by atoms with van der Waals surface area (Å²) in [6, 6.07) is 0. The molecule has 2 aromatic heterocycles. The predicted octanol–water partition coefficient (Wildman–Crippen LogP) is 1.08. The Hall–Kier alpha value is -1.63. The molecule has 2 aromatic rings. The summed E-state index contributed by atoms with van der Waals surface area (Å²) in [7, 11) is 0. The van der Waals surface area contributed by atoms with Crippen LogP contribution < -0.4 is 11.2 Å². The van der Waals surface area contributed by atoms with Crippen LogP contribution in [-0.4, -0.2) is 18.7 Å². The minimum absolute atomic E-state index is 0.281. The minimum atomic E-state index is -0.294. The predicted molar refractivity (Wildman–Crippen MR) is 72.7 cm³/mol. The quantitative estimate of drug-likeness (QED) is 0.847. The number of aromatic nitrogens is 4. The van der Waals surface area contributed by atoms with Gasteiger partial charge in [0, 0.05) is 19.6 Å². The van der Waals surface area contributed by atoms with E-state index in [1.807, 2.05) is 13.8 Å². The zero-order valence-electron chi connectivity index (χ0n) is 10.7. The SMILES string of the molecule is CCn1c(=O)c2c([nH]c(=S)n2CC)n(CC)c1=O. The summed E-state index contributed by atoms with van der Waals surface area (Å²) in [4.78, 5) is 27.4. The van der Waals surface area contributed by atoms with Gasteiger partial charge < -0.3 is 9.55 Å². The molecule has 0 aromatic carbocycles. The summed E-state index contributed by atoms with van der Waals surface area (Å²) < 4.78 is 4.98. The largest absolute Gasteiger partial charge is 0.332 e. The zero-order chi connectivity index (χ0) is 13.4. The van der Waals surface area contributed by atoms with E-state index >= 15 is 0 Å². The van der Waals surface area contributed by atoms with E-state index in [-0.39, 0.29) is 11.2 Å². The van der Waals surface area contributed by atoms with Gasteiger partial charge in [-0.2, -0.15) is 0 Å². The van der Waals surface area contributed by atoms with Crippen molar-refractivity contribution in [2.24, 2.45) is 0 Å². The number of hydrogen-bond acceptors (Lipinski definition) is 3. The van der Waals surface area contributed by atoms with Gasteiger partial charge in [0.15, 0.2) is 10.3 Å². The van der Waals surface area contributed by atoms with Gasteiger partial charge in [-0.1, -0.05) is 0 Å². The van der Waals surface area contributed by atoms with Gasteiger partial charge in [-0.3, -0.25) is 13.9 Å². The lowest BCUT2D eigenvalue weighted by Gasteiger charge is -2.09. The first kappa shape index (κ1) is 12.8. The molecule has 2 heterocycles. The molecule has 98 valence electrons. The maximum Gasteiger partial charge on any atom is 0.332 e.